The number of aromatic nitrogens is 2. The van der Waals surface area contributed by atoms with Gasteiger partial charge in [0.15, 0.2) is 0 Å². The van der Waals surface area contributed by atoms with E-state index in [4.69, 9.17) is 0 Å². The van der Waals surface area contributed by atoms with Crippen LogP contribution in [0.2, 0.25) is 0 Å². The highest BCUT2D eigenvalue weighted by Gasteiger charge is 2.36. The van der Waals surface area contributed by atoms with Crippen molar-refractivity contribution in [3.8, 4) is 11.3 Å². The number of benzene rings is 1. The molecule has 36 heavy (non-hydrogen) atoms. The lowest BCUT2D eigenvalue weighted by molar-refractivity contribution is -0.137. The van der Waals surface area contributed by atoms with Crippen LogP contribution in [0.5, 0.6) is 0 Å². The molecule has 0 fully saturated rings. The first-order chi connectivity index (χ1) is 16.4. The molecule has 2 atom stereocenters. The molecule has 198 valence electrons. The molecule has 2 aromatic heterocycles. The third kappa shape index (κ3) is 6.11. The van der Waals surface area contributed by atoms with E-state index in [2.05, 4.69) is 9.71 Å². The average molecular weight is 534 g/mol. The minimum atomic E-state index is -4.75. The summed E-state index contributed by atoms with van der Waals surface area (Å²) in [6.07, 6.45) is -6.37. The Morgan fingerprint density at radius 2 is 1.67 bits per heavy atom. The summed E-state index contributed by atoms with van der Waals surface area (Å²) in [5.74, 6) is -1.08. The van der Waals surface area contributed by atoms with Crippen LogP contribution in [0.1, 0.15) is 58.7 Å². The summed E-state index contributed by atoms with van der Waals surface area (Å²) in [5.41, 5.74) is -2.39. The van der Waals surface area contributed by atoms with Gasteiger partial charge in [0.05, 0.1) is 21.3 Å². The van der Waals surface area contributed by atoms with E-state index in [1.807, 2.05) is 20.8 Å². The van der Waals surface area contributed by atoms with Crippen LogP contribution in [0.15, 0.2) is 36.5 Å². The molecule has 0 aliphatic rings. The first kappa shape index (κ1) is 28.2. The molecular formula is C25H29F6N3OS. The van der Waals surface area contributed by atoms with E-state index >= 15 is 4.39 Å². The molecule has 4 nitrogen and oxygen atoms in total. The number of hydrogen-bond acceptors (Lipinski definition) is 2. The molecule has 1 aromatic carbocycles. The molecular weight excluding hydrogens is 504 g/mol. The Morgan fingerprint density at radius 3 is 2.19 bits per heavy atom. The fourth-order valence-electron chi connectivity index (χ4n) is 3.76. The van der Waals surface area contributed by atoms with Gasteiger partial charge in [-0.15, -0.1) is 0 Å². The molecule has 3 rings (SSSR count). The van der Waals surface area contributed by atoms with Crippen LogP contribution in [0, 0.1) is 11.2 Å². The van der Waals surface area contributed by atoms with E-state index < -0.39 is 57.0 Å². The highest BCUT2D eigenvalue weighted by atomic mass is 32.2. The Kier molecular flexibility index (Phi) is 7.68. The summed E-state index contributed by atoms with van der Waals surface area (Å²) in [5, 5.41) is 0.00805. The maximum absolute atomic E-state index is 15.3. The van der Waals surface area contributed by atoms with Crippen molar-refractivity contribution >= 4 is 22.0 Å². The third-order valence-electron chi connectivity index (χ3n) is 5.34. The number of rotatable bonds is 6. The van der Waals surface area contributed by atoms with Gasteiger partial charge in [-0.25, -0.2) is 27.1 Å². The lowest BCUT2D eigenvalue weighted by atomic mass is 9.97. The second-order valence-electron chi connectivity index (χ2n) is 10.8. The highest BCUT2D eigenvalue weighted by Crippen LogP contribution is 2.39. The zero-order chi connectivity index (χ0) is 27.2. The minimum Gasteiger partial charge on any atom is -0.332 e. The second-order valence-corrected chi connectivity index (χ2v) is 12.8. The van der Waals surface area contributed by atoms with Gasteiger partial charge in [-0.05, 0) is 38.3 Å². The Balaban J connectivity index is 2.29. The van der Waals surface area contributed by atoms with Crippen molar-refractivity contribution in [3.63, 3.8) is 0 Å². The van der Waals surface area contributed by atoms with Crippen molar-refractivity contribution in [2.75, 3.05) is 0 Å². The highest BCUT2D eigenvalue weighted by molar-refractivity contribution is 7.84. The van der Waals surface area contributed by atoms with Gasteiger partial charge in [-0.1, -0.05) is 39.0 Å². The molecule has 0 saturated heterocycles. The Bertz CT molecular complexity index is 1270. The third-order valence-corrected chi connectivity index (χ3v) is 6.92. The summed E-state index contributed by atoms with van der Waals surface area (Å²) < 4.78 is 100. The normalized spacial score (nSPS) is 15.0. The smallest absolute Gasteiger partial charge is 0.332 e. The molecule has 0 aliphatic heterocycles. The number of hydrogen-bond donors (Lipinski definition) is 1. The Morgan fingerprint density at radius 1 is 1.06 bits per heavy atom. The van der Waals surface area contributed by atoms with Gasteiger partial charge in [0.1, 0.15) is 23.2 Å². The van der Waals surface area contributed by atoms with Gasteiger partial charge in [-0.3, -0.25) is 0 Å². The van der Waals surface area contributed by atoms with Gasteiger partial charge in [0.2, 0.25) is 0 Å². The molecule has 0 spiro atoms. The Labute approximate surface area is 208 Å². The van der Waals surface area contributed by atoms with Crippen LogP contribution in [0.3, 0.4) is 0 Å². The van der Waals surface area contributed by atoms with Crippen LogP contribution < -0.4 is 4.72 Å². The van der Waals surface area contributed by atoms with Crippen molar-refractivity contribution in [3.05, 3.63) is 53.5 Å². The lowest BCUT2D eigenvalue weighted by Crippen LogP contribution is -2.38. The van der Waals surface area contributed by atoms with E-state index in [0.717, 1.165) is 18.2 Å². The summed E-state index contributed by atoms with van der Waals surface area (Å²) in [4.78, 5) is 4.23. The van der Waals surface area contributed by atoms with Crippen LogP contribution in [0.4, 0.5) is 26.3 Å². The summed E-state index contributed by atoms with van der Waals surface area (Å²) in [7, 11) is -1.87. The zero-order valence-corrected chi connectivity index (χ0v) is 21.6. The number of halogens is 6. The summed E-state index contributed by atoms with van der Waals surface area (Å²) in [6, 6.07) is 3.69. The number of pyridine rings is 1. The van der Waals surface area contributed by atoms with Crippen molar-refractivity contribution in [2.45, 2.75) is 71.5 Å². The number of alkyl halides is 5. The fourth-order valence-corrected chi connectivity index (χ4v) is 4.57. The average Bonchev–Trinajstić information content (AvgIpc) is 3.04. The van der Waals surface area contributed by atoms with E-state index in [1.165, 1.54) is 22.9 Å². The Hall–Kier alpha value is -2.40. The van der Waals surface area contributed by atoms with Crippen molar-refractivity contribution in [2.24, 2.45) is 5.41 Å². The molecule has 0 amide bonds. The SMILES string of the molecule is CC(C)(C)Cn1cc([C@H](N[S@@](=O)C(C)(C)C)C(F)F)c2cc(F)c(-c3ccccc3C(F)(F)F)nc21. The van der Waals surface area contributed by atoms with Crippen LogP contribution in [-0.2, 0) is 23.7 Å². The first-order valence-corrected chi connectivity index (χ1v) is 12.4. The molecule has 0 bridgehead atoms. The molecule has 2 heterocycles. The molecule has 11 heteroatoms. The van der Waals surface area contributed by atoms with E-state index in [-0.39, 0.29) is 28.6 Å². The van der Waals surface area contributed by atoms with Crippen molar-refractivity contribution < 1.29 is 30.6 Å². The maximum Gasteiger partial charge on any atom is 0.417 e. The molecule has 0 saturated carbocycles. The molecule has 1 N–H and O–H groups in total. The zero-order valence-electron chi connectivity index (χ0n) is 20.8. The standard InChI is InChI=1S/C25H29F6N3OS/c1-23(2,3)13-34-12-16(20(21(27)28)33-36(35)24(4,5)6)15-11-18(26)19(32-22(15)34)14-9-7-8-10-17(14)25(29,30)31/h7-12,20-21,33H,13H2,1-6H3/t20-,36-/m0/s1. The monoisotopic (exact) mass is 533 g/mol. The van der Waals surface area contributed by atoms with E-state index in [0.29, 0.717) is 0 Å². The first-order valence-electron chi connectivity index (χ1n) is 11.2. The molecule has 0 unspecified atom stereocenters. The van der Waals surface area contributed by atoms with E-state index in [9.17, 15) is 26.2 Å². The van der Waals surface area contributed by atoms with Crippen LogP contribution >= 0.6 is 0 Å². The van der Waals surface area contributed by atoms with Gasteiger partial charge < -0.3 is 4.57 Å². The summed E-state index contributed by atoms with van der Waals surface area (Å²) in [6.45, 7) is 10.8. The van der Waals surface area contributed by atoms with Crippen LogP contribution in [-0.4, -0.2) is 24.9 Å². The minimum absolute atomic E-state index is 0.00805. The quantitative estimate of drug-likeness (QED) is 0.339. The number of fused-ring (bicyclic) bond motifs is 1. The predicted octanol–water partition coefficient (Wildman–Crippen LogP) is 7.27. The maximum atomic E-state index is 15.3. The number of nitrogens with one attached hydrogen (secondary N) is 1. The van der Waals surface area contributed by atoms with Gasteiger partial charge >= 0.3 is 6.18 Å². The van der Waals surface area contributed by atoms with Gasteiger partial charge in [0.25, 0.3) is 6.43 Å². The van der Waals surface area contributed by atoms with Crippen molar-refractivity contribution in [1.29, 1.82) is 0 Å². The predicted molar refractivity (Wildman–Crippen MR) is 129 cm³/mol. The van der Waals surface area contributed by atoms with E-state index in [1.54, 1.807) is 20.8 Å². The molecule has 0 aliphatic carbocycles. The topological polar surface area (TPSA) is 46.9 Å². The fraction of sp³-hybridized carbons (Fsp3) is 0.480. The second kappa shape index (κ2) is 9.81. The largest absolute Gasteiger partial charge is 0.417 e. The summed E-state index contributed by atoms with van der Waals surface area (Å²) >= 11 is 0. The molecule has 3 aromatic rings. The number of nitrogens with zero attached hydrogens (tertiary/aromatic N) is 2. The van der Waals surface area contributed by atoms with Crippen molar-refractivity contribution in [1.82, 2.24) is 14.3 Å². The molecule has 0 radical (unpaired) electrons. The van der Waals surface area contributed by atoms with Gasteiger partial charge in [-0.2, -0.15) is 13.2 Å². The van der Waals surface area contributed by atoms with Gasteiger partial charge in [0, 0.05) is 29.3 Å². The lowest BCUT2D eigenvalue weighted by Gasteiger charge is -2.23. The van der Waals surface area contributed by atoms with Crippen LogP contribution in [0.25, 0.3) is 22.3 Å².